The Morgan fingerprint density at radius 1 is 0.556 bits per heavy atom. The highest BCUT2D eigenvalue weighted by molar-refractivity contribution is 5.80. The SMILES string of the molecule is CCCCCCCCC/C=C/CCCC(O)C(O)C(COC1OC(CO)C(O)C(O)C1O)NC(=O)C(O)CCCCCCCCCC/C=C\C/C=C\CCCCCCCCCCC. The highest BCUT2D eigenvalue weighted by Crippen LogP contribution is 2.23. The van der Waals surface area contributed by atoms with Crippen molar-refractivity contribution >= 4 is 5.91 Å². The number of carbonyl (C=O) groups is 1. The van der Waals surface area contributed by atoms with Crippen LogP contribution in [0.4, 0.5) is 0 Å². The molecule has 0 aromatic rings. The maximum Gasteiger partial charge on any atom is 0.249 e. The van der Waals surface area contributed by atoms with Crippen LogP contribution in [0, 0.1) is 0 Å². The maximum atomic E-state index is 13.1. The number of allylic oxidation sites excluding steroid dienone is 6. The Morgan fingerprint density at radius 2 is 0.984 bits per heavy atom. The first-order valence-electron chi connectivity index (χ1n) is 25.9. The fourth-order valence-corrected chi connectivity index (χ4v) is 8.12. The molecule has 9 unspecified atom stereocenters. The van der Waals surface area contributed by atoms with Crippen molar-refractivity contribution < 1.29 is 50.0 Å². The Morgan fingerprint density at radius 3 is 1.46 bits per heavy atom. The van der Waals surface area contributed by atoms with E-state index in [0.29, 0.717) is 12.8 Å². The average molecular weight is 896 g/mol. The Bertz CT molecular complexity index is 1120. The number of carbonyl (C=O) groups excluding carboxylic acids is 1. The Kier molecular flexibility index (Phi) is 39.3. The van der Waals surface area contributed by atoms with Crippen molar-refractivity contribution in [1.29, 1.82) is 0 Å². The van der Waals surface area contributed by atoms with Crippen LogP contribution in [0.2, 0.25) is 0 Å². The fraction of sp³-hybridized carbons (Fsp3) is 0.865. The zero-order valence-electron chi connectivity index (χ0n) is 40.1. The van der Waals surface area contributed by atoms with Crippen molar-refractivity contribution in [2.24, 2.45) is 0 Å². The summed E-state index contributed by atoms with van der Waals surface area (Å²) in [7, 11) is 0. The third-order valence-corrected chi connectivity index (χ3v) is 12.4. The van der Waals surface area contributed by atoms with Gasteiger partial charge in [-0.3, -0.25) is 4.79 Å². The van der Waals surface area contributed by atoms with Gasteiger partial charge in [0.05, 0.1) is 25.4 Å². The molecule has 370 valence electrons. The first kappa shape index (κ1) is 59.3. The lowest BCUT2D eigenvalue weighted by Crippen LogP contribution is -2.60. The monoisotopic (exact) mass is 896 g/mol. The summed E-state index contributed by atoms with van der Waals surface area (Å²) in [6, 6.07) is -1.19. The molecule has 0 saturated carbocycles. The van der Waals surface area contributed by atoms with Crippen LogP contribution in [-0.4, -0.2) is 110 Å². The van der Waals surface area contributed by atoms with Crippen molar-refractivity contribution in [1.82, 2.24) is 5.32 Å². The summed E-state index contributed by atoms with van der Waals surface area (Å²) in [6.45, 7) is 3.41. The van der Waals surface area contributed by atoms with E-state index in [4.69, 9.17) is 9.47 Å². The normalized spacial score (nSPS) is 21.4. The predicted molar refractivity (Wildman–Crippen MR) is 256 cm³/mol. The second kappa shape index (κ2) is 41.7. The van der Waals surface area contributed by atoms with E-state index in [-0.39, 0.29) is 12.8 Å². The highest BCUT2D eigenvalue weighted by atomic mass is 16.7. The van der Waals surface area contributed by atoms with Gasteiger partial charge in [0.1, 0.15) is 36.6 Å². The van der Waals surface area contributed by atoms with Crippen LogP contribution < -0.4 is 5.32 Å². The number of hydrogen-bond donors (Lipinski definition) is 8. The van der Waals surface area contributed by atoms with Gasteiger partial charge in [-0.05, 0) is 70.6 Å². The zero-order valence-corrected chi connectivity index (χ0v) is 40.1. The molecule has 0 aliphatic carbocycles. The molecule has 0 spiro atoms. The third-order valence-electron chi connectivity index (χ3n) is 12.4. The van der Waals surface area contributed by atoms with Gasteiger partial charge in [0.15, 0.2) is 6.29 Å². The summed E-state index contributed by atoms with van der Waals surface area (Å²) in [6.07, 6.45) is 37.7. The summed E-state index contributed by atoms with van der Waals surface area (Å²) in [5.41, 5.74) is 0. The first-order valence-corrected chi connectivity index (χ1v) is 25.9. The van der Waals surface area contributed by atoms with E-state index in [1.165, 1.54) is 128 Å². The van der Waals surface area contributed by atoms with E-state index in [0.717, 1.165) is 51.4 Å². The summed E-state index contributed by atoms with van der Waals surface area (Å²) in [5.74, 6) is -0.712. The highest BCUT2D eigenvalue weighted by Gasteiger charge is 2.44. The predicted octanol–water partition coefficient (Wildman–Crippen LogP) is 9.56. The van der Waals surface area contributed by atoms with Crippen molar-refractivity contribution in [3.8, 4) is 0 Å². The van der Waals surface area contributed by atoms with Crippen molar-refractivity contribution in [2.75, 3.05) is 13.2 Å². The number of amides is 1. The molecule has 1 amide bonds. The van der Waals surface area contributed by atoms with Crippen LogP contribution in [-0.2, 0) is 14.3 Å². The largest absolute Gasteiger partial charge is 0.394 e. The minimum atomic E-state index is -1.67. The topological polar surface area (TPSA) is 189 Å². The number of hydrogen-bond acceptors (Lipinski definition) is 10. The molecule has 0 bridgehead atoms. The Labute approximate surface area is 384 Å². The van der Waals surface area contributed by atoms with Gasteiger partial charge in [-0.1, -0.05) is 185 Å². The number of aliphatic hydroxyl groups is 7. The number of unbranched alkanes of at least 4 members (excludes halogenated alkanes) is 25. The van der Waals surface area contributed by atoms with Gasteiger partial charge in [0.25, 0.3) is 0 Å². The number of rotatable bonds is 43. The third kappa shape index (κ3) is 31.0. The van der Waals surface area contributed by atoms with Crippen LogP contribution >= 0.6 is 0 Å². The smallest absolute Gasteiger partial charge is 0.249 e. The molecule has 1 aliphatic rings. The lowest BCUT2D eigenvalue weighted by Gasteiger charge is -2.40. The first-order chi connectivity index (χ1) is 30.7. The Balaban J connectivity index is 2.35. The summed E-state index contributed by atoms with van der Waals surface area (Å²) < 4.78 is 11.1. The molecule has 11 nitrogen and oxygen atoms in total. The molecule has 8 N–H and O–H groups in total. The van der Waals surface area contributed by atoms with Crippen LogP contribution in [0.5, 0.6) is 0 Å². The van der Waals surface area contributed by atoms with Gasteiger partial charge in [0.2, 0.25) is 5.91 Å². The van der Waals surface area contributed by atoms with E-state index >= 15 is 0 Å². The van der Waals surface area contributed by atoms with Crippen molar-refractivity contribution in [3.05, 3.63) is 36.5 Å². The van der Waals surface area contributed by atoms with Crippen LogP contribution in [0.25, 0.3) is 0 Å². The fourth-order valence-electron chi connectivity index (χ4n) is 8.12. The van der Waals surface area contributed by atoms with Crippen LogP contribution in [0.15, 0.2) is 36.5 Å². The molecule has 9 atom stereocenters. The van der Waals surface area contributed by atoms with E-state index in [1.54, 1.807) is 0 Å². The van der Waals surface area contributed by atoms with E-state index in [9.17, 15) is 40.5 Å². The van der Waals surface area contributed by atoms with Gasteiger partial charge in [-0.2, -0.15) is 0 Å². The molecule has 0 aromatic heterocycles. The second-order valence-corrected chi connectivity index (χ2v) is 18.2. The van der Waals surface area contributed by atoms with Gasteiger partial charge >= 0.3 is 0 Å². The minimum absolute atomic E-state index is 0.247. The standard InChI is InChI=1S/C52H97NO10/c1-3-5-7-9-11-13-15-17-18-19-20-21-22-23-24-25-26-27-28-30-32-34-36-38-40-45(56)51(61)53-43(42-62-52-50(60)49(59)48(58)46(41-54)63-52)47(57)44(55)39-37-35-33-31-29-16-14-12-10-8-6-4-2/h20-21,23-24,31,33,43-50,52,54-60H,3-19,22,25-30,32,34-42H2,1-2H3,(H,53,61)/b21-20-,24-23-,33-31+. The lowest BCUT2D eigenvalue weighted by atomic mass is 9.98. The van der Waals surface area contributed by atoms with Gasteiger partial charge in [-0.25, -0.2) is 0 Å². The second-order valence-electron chi connectivity index (χ2n) is 18.2. The zero-order chi connectivity index (χ0) is 46.2. The van der Waals surface area contributed by atoms with Crippen molar-refractivity contribution in [2.45, 2.75) is 274 Å². The van der Waals surface area contributed by atoms with Crippen molar-refractivity contribution in [3.63, 3.8) is 0 Å². The molecular weight excluding hydrogens is 799 g/mol. The maximum absolute atomic E-state index is 13.1. The molecule has 1 saturated heterocycles. The lowest BCUT2D eigenvalue weighted by molar-refractivity contribution is -0.303. The number of nitrogens with one attached hydrogen (secondary N) is 1. The Hall–Kier alpha value is -1.67. The van der Waals surface area contributed by atoms with Gasteiger partial charge in [0, 0.05) is 0 Å². The quantitative estimate of drug-likeness (QED) is 0.0216. The number of aliphatic hydroxyl groups excluding tert-OH is 7. The minimum Gasteiger partial charge on any atom is -0.394 e. The van der Waals surface area contributed by atoms with Gasteiger partial charge in [-0.15, -0.1) is 0 Å². The summed E-state index contributed by atoms with van der Waals surface area (Å²) in [4.78, 5) is 13.1. The molecule has 1 aliphatic heterocycles. The molecule has 1 fully saturated rings. The van der Waals surface area contributed by atoms with Gasteiger partial charge < -0.3 is 50.5 Å². The van der Waals surface area contributed by atoms with Crippen LogP contribution in [0.1, 0.15) is 219 Å². The molecule has 11 heteroatoms. The molecule has 1 rings (SSSR count). The number of ether oxygens (including phenoxy) is 2. The molecule has 63 heavy (non-hydrogen) atoms. The molecule has 1 heterocycles. The summed E-state index contributed by atoms with van der Waals surface area (Å²) in [5, 5.41) is 75.7. The summed E-state index contributed by atoms with van der Waals surface area (Å²) >= 11 is 0. The van der Waals surface area contributed by atoms with Crippen LogP contribution in [0.3, 0.4) is 0 Å². The van der Waals surface area contributed by atoms with E-state index in [1.807, 2.05) is 0 Å². The van der Waals surface area contributed by atoms with E-state index in [2.05, 4.69) is 55.6 Å². The van der Waals surface area contributed by atoms with E-state index < -0.39 is 74.2 Å². The molecular formula is C52H97NO10. The average Bonchev–Trinajstić information content (AvgIpc) is 3.28. The molecule has 0 aromatic carbocycles. The molecule has 0 radical (unpaired) electrons.